The third-order valence-electron chi connectivity index (χ3n) is 3.30. The third-order valence-corrected chi connectivity index (χ3v) is 3.30. The summed E-state index contributed by atoms with van der Waals surface area (Å²) in [5.74, 6) is 8.53. The standard InChI is InChI=1S/C14H20N4O3/c1-5-10-17-11(14(15)18(10)16)8-6-7-9(19-2)13(21-4)12(8)20-3/h6-7H,5,15-16H2,1-4H3. The van der Waals surface area contributed by atoms with E-state index in [4.69, 9.17) is 25.8 Å². The van der Waals surface area contributed by atoms with Crippen molar-refractivity contribution in [3.63, 3.8) is 0 Å². The topological polar surface area (TPSA) is 97.5 Å². The van der Waals surface area contributed by atoms with Crippen LogP contribution in [0.25, 0.3) is 11.3 Å². The molecule has 21 heavy (non-hydrogen) atoms. The van der Waals surface area contributed by atoms with Gasteiger partial charge in [-0.25, -0.2) is 9.66 Å². The number of anilines is 1. The molecule has 0 radical (unpaired) electrons. The average molecular weight is 292 g/mol. The van der Waals surface area contributed by atoms with Crippen molar-refractivity contribution in [2.24, 2.45) is 0 Å². The first-order chi connectivity index (χ1) is 10.1. The summed E-state index contributed by atoms with van der Waals surface area (Å²) in [5.41, 5.74) is 7.31. The van der Waals surface area contributed by atoms with Crippen molar-refractivity contribution >= 4 is 5.82 Å². The summed E-state index contributed by atoms with van der Waals surface area (Å²) in [7, 11) is 4.67. The Morgan fingerprint density at radius 3 is 2.24 bits per heavy atom. The summed E-state index contributed by atoms with van der Waals surface area (Å²) in [6, 6.07) is 3.59. The molecular weight excluding hydrogens is 272 g/mol. The Balaban J connectivity index is 2.69. The maximum atomic E-state index is 6.04. The van der Waals surface area contributed by atoms with Gasteiger partial charge in [0.1, 0.15) is 11.5 Å². The van der Waals surface area contributed by atoms with E-state index in [0.717, 1.165) is 0 Å². The van der Waals surface area contributed by atoms with Gasteiger partial charge in [-0.2, -0.15) is 0 Å². The van der Waals surface area contributed by atoms with E-state index in [9.17, 15) is 0 Å². The monoisotopic (exact) mass is 292 g/mol. The second kappa shape index (κ2) is 5.82. The molecule has 1 aromatic heterocycles. The van der Waals surface area contributed by atoms with Gasteiger partial charge in [0.15, 0.2) is 17.3 Å². The Labute approximate surface area is 123 Å². The van der Waals surface area contributed by atoms with Gasteiger partial charge in [-0.15, -0.1) is 0 Å². The number of nitrogens with zero attached hydrogens (tertiary/aromatic N) is 2. The molecule has 0 bridgehead atoms. The van der Waals surface area contributed by atoms with Crippen LogP contribution in [0.2, 0.25) is 0 Å². The van der Waals surface area contributed by atoms with Crippen LogP contribution in [-0.4, -0.2) is 31.0 Å². The fourth-order valence-corrected chi connectivity index (χ4v) is 2.23. The molecule has 0 unspecified atom stereocenters. The van der Waals surface area contributed by atoms with Crippen LogP contribution in [0, 0.1) is 0 Å². The number of aromatic nitrogens is 2. The summed E-state index contributed by atoms with van der Waals surface area (Å²) < 4.78 is 17.5. The number of nitrogens with two attached hydrogens (primary N) is 2. The number of hydrogen-bond acceptors (Lipinski definition) is 6. The first kappa shape index (κ1) is 14.8. The van der Waals surface area contributed by atoms with Crippen molar-refractivity contribution in [3.05, 3.63) is 18.0 Å². The van der Waals surface area contributed by atoms with Crippen LogP contribution in [0.1, 0.15) is 12.7 Å². The van der Waals surface area contributed by atoms with Crippen molar-refractivity contribution in [3.8, 4) is 28.5 Å². The van der Waals surface area contributed by atoms with Gasteiger partial charge >= 0.3 is 0 Å². The van der Waals surface area contributed by atoms with Crippen LogP contribution in [0.3, 0.4) is 0 Å². The molecule has 0 saturated carbocycles. The van der Waals surface area contributed by atoms with Crippen LogP contribution in [0.15, 0.2) is 12.1 Å². The SMILES string of the molecule is CCc1nc(-c2ccc(OC)c(OC)c2OC)c(N)n1N. The molecular formula is C14H20N4O3. The molecule has 7 heteroatoms. The zero-order valence-corrected chi connectivity index (χ0v) is 12.6. The molecule has 4 N–H and O–H groups in total. The first-order valence-electron chi connectivity index (χ1n) is 6.50. The van der Waals surface area contributed by atoms with E-state index < -0.39 is 0 Å². The minimum Gasteiger partial charge on any atom is -0.493 e. The van der Waals surface area contributed by atoms with E-state index in [1.54, 1.807) is 27.4 Å². The van der Waals surface area contributed by atoms with Gasteiger partial charge in [0.2, 0.25) is 5.75 Å². The molecule has 0 amide bonds. The van der Waals surface area contributed by atoms with Gasteiger partial charge in [0.05, 0.1) is 26.9 Å². The molecule has 0 atom stereocenters. The molecule has 0 aliphatic carbocycles. The number of ether oxygens (including phenoxy) is 3. The summed E-state index contributed by atoms with van der Waals surface area (Å²) in [4.78, 5) is 4.47. The highest BCUT2D eigenvalue weighted by Gasteiger charge is 2.22. The quantitative estimate of drug-likeness (QED) is 0.809. The molecule has 0 saturated heterocycles. The van der Waals surface area contributed by atoms with Gasteiger partial charge in [-0.05, 0) is 12.1 Å². The number of aryl methyl sites for hydroxylation is 1. The zero-order chi connectivity index (χ0) is 15.6. The molecule has 7 nitrogen and oxygen atoms in total. The summed E-state index contributed by atoms with van der Waals surface area (Å²) in [6.45, 7) is 1.96. The maximum Gasteiger partial charge on any atom is 0.203 e. The highest BCUT2D eigenvalue weighted by Crippen LogP contribution is 2.45. The number of hydrogen-bond donors (Lipinski definition) is 2. The molecule has 2 aromatic rings. The molecule has 1 aromatic carbocycles. The summed E-state index contributed by atoms with van der Waals surface area (Å²) in [5, 5.41) is 0. The van der Waals surface area contributed by atoms with E-state index >= 15 is 0 Å². The summed E-state index contributed by atoms with van der Waals surface area (Å²) >= 11 is 0. The van der Waals surface area contributed by atoms with E-state index in [1.165, 1.54) is 4.68 Å². The molecule has 114 valence electrons. The lowest BCUT2D eigenvalue weighted by Crippen LogP contribution is -2.14. The second-order valence-electron chi connectivity index (χ2n) is 4.37. The molecule has 0 spiro atoms. The zero-order valence-electron chi connectivity index (χ0n) is 12.6. The highest BCUT2D eigenvalue weighted by molar-refractivity contribution is 5.80. The number of imidazole rings is 1. The highest BCUT2D eigenvalue weighted by atomic mass is 16.5. The van der Waals surface area contributed by atoms with Gasteiger partial charge in [-0.1, -0.05) is 6.92 Å². The Morgan fingerprint density at radius 2 is 1.76 bits per heavy atom. The van der Waals surface area contributed by atoms with Crippen LogP contribution in [0.4, 0.5) is 5.82 Å². The van der Waals surface area contributed by atoms with Gasteiger partial charge in [-0.3, -0.25) is 0 Å². The smallest absolute Gasteiger partial charge is 0.203 e. The van der Waals surface area contributed by atoms with E-state index in [0.29, 0.717) is 46.6 Å². The lowest BCUT2D eigenvalue weighted by molar-refractivity contribution is 0.325. The molecule has 0 fully saturated rings. The second-order valence-corrected chi connectivity index (χ2v) is 4.37. The molecule has 0 aliphatic heterocycles. The number of benzene rings is 1. The van der Waals surface area contributed by atoms with Crippen molar-refractivity contribution < 1.29 is 14.2 Å². The molecule has 1 heterocycles. The number of methoxy groups -OCH3 is 3. The van der Waals surface area contributed by atoms with Crippen LogP contribution in [0.5, 0.6) is 17.2 Å². The van der Waals surface area contributed by atoms with Crippen LogP contribution < -0.4 is 25.8 Å². The van der Waals surface area contributed by atoms with E-state index in [-0.39, 0.29) is 0 Å². The number of nitrogen functional groups attached to an aromatic ring is 2. The fraction of sp³-hybridized carbons (Fsp3) is 0.357. The van der Waals surface area contributed by atoms with Crippen LogP contribution >= 0.6 is 0 Å². The predicted octanol–water partition coefficient (Wildman–Crippen LogP) is 1.43. The lowest BCUT2D eigenvalue weighted by Gasteiger charge is -2.15. The van der Waals surface area contributed by atoms with Gasteiger partial charge < -0.3 is 25.8 Å². The minimum atomic E-state index is 0.373. The summed E-state index contributed by atoms with van der Waals surface area (Å²) in [6.07, 6.45) is 0.677. The third kappa shape index (κ3) is 2.31. The van der Waals surface area contributed by atoms with Crippen molar-refractivity contribution in [2.45, 2.75) is 13.3 Å². The minimum absolute atomic E-state index is 0.373. The largest absolute Gasteiger partial charge is 0.493 e. The van der Waals surface area contributed by atoms with Crippen LogP contribution in [-0.2, 0) is 6.42 Å². The Kier molecular flexibility index (Phi) is 4.11. The van der Waals surface area contributed by atoms with Crippen molar-refractivity contribution in [1.29, 1.82) is 0 Å². The Bertz CT molecular complexity index is 652. The lowest BCUT2D eigenvalue weighted by atomic mass is 10.1. The van der Waals surface area contributed by atoms with Crippen molar-refractivity contribution in [1.82, 2.24) is 9.66 Å². The molecule has 0 aliphatic rings. The van der Waals surface area contributed by atoms with Gasteiger partial charge in [0.25, 0.3) is 0 Å². The maximum absolute atomic E-state index is 6.04. The normalized spacial score (nSPS) is 10.5. The molecule has 2 rings (SSSR count). The Hall–Kier alpha value is -2.57. The Morgan fingerprint density at radius 1 is 1.10 bits per heavy atom. The fourth-order valence-electron chi connectivity index (χ4n) is 2.23. The van der Waals surface area contributed by atoms with Crippen molar-refractivity contribution in [2.75, 3.05) is 32.9 Å². The first-order valence-corrected chi connectivity index (χ1v) is 6.50. The number of rotatable bonds is 5. The predicted molar refractivity (Wildman–Crippen MR) is 81.3 cm³/mol. The average Bonchev–Trinajstić information content (AvgIpc) is 2.80. The van der Waals surface area contributed by atoms with E-state index in [1.807, 2.05) is 13.0 Å². The van der Waals surface area contributed by atoms with Gasteiger partial charge in [0, 0.05) is 6.42 Å². The van der Waals surface area contributed by atoms with E-state index in [2.05, 4.69) is 4.98 Å².